The number of nitrogens with zero attached hydrogens (tertiary/aromatic N) is 1. The number of nitrogens with one attached hydrogen (secondary N) is 1. The Morgan fingerprint density at radius 3 is 2.69 bits per heavy atom. The first kappa shape index (κ1) is 12.7. The van der Waals surface area contributed by atoms with Gasteiger partial charge in [-0.3, -0.25) is 9.89 Å². The molecule has 16 heavy (non-hydrogen) atoms. The lowest BCUT2D eigenvalue weighted by molar-refractivity contribution is -0.135. The third-order valence-electron chi connectivity index (χ3n) is 1.79. The number of aromatic amines is 1. The molecule has 1 aromatic rings. The second kappa shape index (κ2) is 5.14. The van der Waals surface area contributed by atoms with Crippen molar-refractivity contribution in [2.45, 2.75) is 6.92 Å². The largest absolute Gasteiger partial charge is 0.466 e. The van der Waals surface area contributed by atoms with Crippen LogP contribution in [0.2, 0.25) is 10.3 Å². The number of hydrogen-bond donors (Lipinski definition) is 1. The molecule has 86 valence electrons. The third kappa shape index (κ3) is 2.62. The van der Waals surface area contributed by atoms with Crippen LogP contribution in [0, 0.1) is 0 Å². The maximum atomic E-state index is 11.5. The van der Waals surface area contributed by atoms with E-state index in [-0.39, 0.29) is 21.4 Å². The molecule has 0 amide bonds. The Hall–Kier alpha value is -1.33. The second-order valence-electron chi connectivity index (χ2n) is 2.89. The average molecular weight is 263 g/mol. The van der Waals surface area contributed by atoms with Gasteiger partial charge in [0, 0.05) is 5.57 Å². The van der Waals surface area contributed by atoms with Gasteiger partial charge < -0.3 is 4.74 Å². The molecule has 0 bridgehead atoms. The Morgan fingerprint density at radius 2 is 2.12 bits per heavy atom. The van der Waals surface area contributed by atoms with Gasteiger partial charge in [-0.25, -0.2) is 4.79 Å². The molecule has 1 heterocycles. The molecule has 0 radical (unpaired) electrons. The van der Waals surface area contributed by atoms with Gasteiger partial charge in [-0.05, 0) is 13.0 Å². The van der Waals surface area contributed by atoms with Gasteiger partial charge in [-0.1, -0.05) is 23.2 Å². The molecule has 0 aliphatic carbocycles. The summed E-state index contributed by atoms with van der Waals surface area (Å²) >= 11 is 11.2. The summed E-state index contributed by atoms with van der Waals surface area (Å²) in [6.45, 7) is 1.50. The standard InChI is InChI=1S/C9H8Cl2N2O3/c1-4(9(15)16-2)3-5-6(14)8(11)13-12-7(5)10/h3H,1-2H3,(H,12,14)/b4-3+. The van der Waals surface area contributed by atoms with Crippen LogP contribution in [0.4, 0.5) is 0 Å². The number of aromatic nitrogens is 2. The van der Waals surface area contributed by atoms with Crippen molar-refractivity contribution in [2.24, 2.45) is 0 Å². The van der Waals surface area contributed by atoms with E-state index in [0.717, 1.165) is 0 Å². The smallest absolute Gasteiger partial charge is 0.333 e. The van der Waals surface area contributed by atoms with E-state index in [9.17, 15) is 9.59 Å². The maximum absolute atomic E-state index is 11.5. The van der Waals surface area contributed by atoms with Crippen molar-refractivity contribution >= 4 is 35.2 Å². The quantitative estimate of drug-likeness (QED) is 0.650. The van der Waals surface area contributed by atoms with E-state index in [2.05, 4.69) is 14.9 Å². The number of hydrogen-bond acceptors (Lipinski definition) is 4. The van der Waals surface area contributed by atoms with Crippen LogP contribution in [0.25, 0.3) is 6.08 Å². The van der Waals surface area contributed by atoms with E-state index in [1.54, 1.807) is 0 Å². The molecule has 0 atom stereocenters. The number of rotatable bonds is 2. The number of esters is 1. The Labute approximate surface area is 101 Å². The van der Waals surface area contributed by atoms with Crippen molar-refractivity contribution in [2.75, 3.05) is 7.11 Å². The van der Waals surface area contributed by atoms with Crippen LogP contribution >= 0.6 is 23.2 Å². The predicted molar refractivity (Wildman–Crippen MR) is 60.5 cm³/mol. The lowest BCUT2D eigenvalue weighted by Gasteiger charge is -2.00. The monoisotopic (exact) mass is 262 g/mol. The van der Waals surface area contributed by atoms with Crippen LogP contribution in [0.1, 0.15) is 12.5 Å². The van der Waals surface area contributed by atoms with Crippen molar-refractivity contribution in [3.8, 4) is 0 Å². The van der Waals surface area contributed by atoms with E-state index in [4.69, 9.17) is 23.2 Å². The Kier molecular flexibility index (Phi) is 4.09. The first-order valence-corrected chi connectivity index (χ1v) is 4.93. The predicted octanol–water partition coefficient (Wildman–Crippen LogP) is 1.65. The van der Waals surface area contributed by atoms with Crippen molar-refractivity contribution in [1.82, 2.24) is 10.2 Å². The van der Waals surface area contributed by atoms with Crippen molar-refractivity contribution < 1.29 is 9.53 Å². The van der Waals surface area contributed by atoms with Crippen LogP contribution in [0.15, 0.2) is 10.4 Å². The van der Waals surface area contributed by atoms with Gasteiger partial charge in [0.05, 0.1) is 12.7 Å². The van der Waals surface area contributed by atoms with Gasteiger partial charge in [0.25, 0.3) is 0 Å². The summed E-state index contributed by atoms with van der Waals surface area (Å²) in [4.78, 5) is 22.7. The van der Waals surface area contributed by atoms with Crippen LogP contribution in [0.5, 0.6) is 0 Å². The highest BCUT2D eigenvalue weighted by Gasteiger charge is 2.11. The fourth-order valence-electron chi connectivity index (χ4n) is 0.985. The van der Waals surface area contributed by atoms with E-state index < -0.39 is 11.4 Å². The first-order valence-electron chi connectivity index (χ1n) is 4.17. The molecule has 1 N–H and O–H groups in total. The molecule has 7 heteroatoms. The normalized spacial score (nSPS) is 11.4. The fraction of sp³-hybridized carbons (Fsp3) is 0.222. The van der Waals surface area contributed by atoms with Crippen molar-refractivity contribution in [1.29, 1.82) is 0 Å². The number of carbonyl (C=O) groups is 1. The minimum atomic E-state index is -0.552. The molecule has 0 unspecified atom stereocenters. The zero-order valence-corrected chi connectivity index (χ0v) is 10.0. The third-order valence-corrected chi connectivity index (χ3v) is 2.33. The summed E-state index contributed by atoms with van der Waals surface area (Å²) in [5.74, 6) is -0.552. The summed E-state index contributed by atoms with van der Waals surface area (Å²) in [6.07, 6.45) is 1.29. The van der Waals surface area contributed by atoms with E-state index >= 15 is 0 Å². The SMILES string of the molecule is COC(=O)/C(C)=C/c1c(Cl)[nH]nc(Cl)c1=O. The highest BCUT2D eigenvalue weighted by Crippen LogP contribution is 2.13. The molecule has 1 aromatic heterocycles. The fourth-order valence-corrected chi connectivity index (χ4v) is 1.31. The van der Waals surface area contributed by atoms with Crippen LogP contribution < -0.4 is 5.43 Å². The summed E-state index contributed by atoms with van der Waals surface area (Å²) in [5.41, 5.74) is -0.240. The number of H-pyrrole nitrogens is 1. The Morgan fingerprint density at radius 1 is 1.50 bits per heavy atom. The summed E-state index contributed by atoms with van der Waals surface area (Å²) in [7, 11) is 1.24. The lowest BCUT2D eigenvalue weighted by Crippen LogP contribution is -2.11. The summed E-state index contributed by atoms with van der Waals surface area (Å²) in [6, 6.07) is 0. The van der Waals surface area contributed by atoms with Crippen molar-refractivity contribution in [3.05, 3.63) is 31.7 Å². The van der Waals surface area contributed by atoms with Gasteiger partial charge in [0.2, 0.25) is 5.43 Å². The zero-order chi connectivity index (χ0) is 12.3. The highest BCUT2D eigenvalue weighted by atomic mass is 35.5. The van der Waals surface area contributed by atoms with Crippen LogP contribution in [-0.4, -0.2) is 23.3 Å². The molecule has 0 saturated carbocycles. The zero-order valence-electron chi connectivity index (χ0n) is 8.51. The molecule has 0 aliphatic heterocycles. The topological polar surface area (TPSA) is 72.1 Å². The second-order valence-corrected chi connectivity index (χ2v) is 3.63. The molecular weight excluding hydrogens is 255 g/mol. The Balaban J connectivity index is 3.30. The van der Waals surface area contributed by atoms with Crippen molar-refractivity contribution in [3.63, 3.8) is 0 Å². The van der Waals surface area contributed by atoms with Crippen LogP contribution in [-0.2, 0) is 9.53 Å². The minimum Gasteiger partial charge on any atom is -0.466 e. The summed E-state index contributed by atoms with van der Waals surface area (Å²) in [5, 5.41) is 5.59. The molecule has 0 fully saturated rings. The number of methoxy groups -OCH3 is 1. The molecular formula is C9H8Cl2N2O3. The molecule has 5 nitrogen and oxygen atoms in total. The first-order chi connectivity index (χ1) is 7.47. The van der Waals surface area contributed by atoms with E-state index in [1.807, 2.05) is 0 Å². The minimum absolute atomic E-state index is 0.0117. The number of carbonyl (C=O) groups excluding carboxylic acids is 1. The van der Waals surface area contributed by atoms with Gasteiger partial charge >= 0.3 is 5.97 Å². The van der Waals surface area contributed by atoms with Crippen LogP contribution in [0.3, 0.4) is 0 Å². The Bertz CT molecular complexity index is 508. The molecule has 0 saturated heterocycles. The van der Waals surface area contributed by atoms with Gasteiger partial charge in [-0.15, -0.1) is 0 Å². The number of ether oxygens (including phenoxy) is 1. The number of halogens is 2. The van der Waals surface area contributed by atoms with Gasteiger partial charge in [-0.2, -0.15) is 5.10 Å². The molecule has 0 aliphatic rings. The molecule has 0 spiro atoms. The maximum Gasteiger partial charge on any atom is 0.333 e. The van der Waals surface area contributed by atoms with E-state index in [1.165, 1.54) is 20.1 Å². The van der Waals surface area contributed by atoms with Gasteiger partial charge in [0.15, 0.2) is 5.15 Å². The molecule has 0 aromatic carbocycles. The van der Waals surface area contributed by atoms with Gasteiger partial charge in [0.1, 0.15) is 5.15 Å². The lowest BCUT2D eigenvalue weighted by atomic mass is 10.2. The average Bonchev–Trinajstić information content (AvgIpc) is 2.28. The highest BCUT2D eigenvalue weighted by molar-refractivity contribution is 6.32. The molecule has 1 rings (SSSR count). The van der Waals surface area contributed by atoms with E-state index in [0.29, 0.717) is 0 Å². The summed E-state index contributed by atoms with van der Waals surface area (Å²) < 4.78 is 4.48.